The average Bonchev–Trinajstić information content (AvgIpc) is 3.84. The predicted octanol–water partition coefficient (Wildman–Crippen LogP) is 4.62. The first-order valence-corrected chi connectivity index (χ1v) is 24.3. The van der Waals surface area contributed by atoms with E-state index in [0.29, 0.717) is 145 Å². The third-order valence-electron chi connectivity index (χ3n) is 12.8. The second-order valence-electron chi connectivity index (χ2n) is 18.2. The van der Waals surface area contributed by atoms with Crippen LogP contribution in [-0.2, 0) is 53.6 Å². The number of benzene rings is 2. The second kappa shape index (κ2) is 23.4. The zero-order valence-electron chi connectivity index (χ0n) is 40.6. The SMILES string of the molecule is C=CCn1c(=O)c2cnc(Nc3ccc(N4CCN(C(=O)CCOCCOCCOCCOCCCc5cccc6c5CN(C5CCC(=C)NC5=O)C6=O)CC4)cc3)nc2n1-c1cccc(C(C)(C)O)n1. The number of fused-ring (bicyclic) bond motifs is 2. The summed E-state index contributed by atoms with van der Waals surface area (Å²) in [7, 11) is 0. The highest BCUT2D eigenvalue weighted by atomic mass is 16.6. The van der Waals surface area contributed by atoms with E-state index in [1.54, 1.807) is 47.7 Å². The van der Waals surface area contributed by atoms with E-state index in [-0.39, 0.29) is 29.8 Å². The van der Waals surface area contributed by atoms with Crippen molar-refractivity contribution in [2.75, 3.05) is 89.3 Å². The minimum atomic E-state index is -1.19. The van der Waals surface area contributed by atoms with Crippen molar-refractivity contribution >= 4 is 46.1 Å². The van der Waals surface area contributed by atoms with Crippen molar-refractivity contribution in [3.63, 3.8) is 0 Å². The highest BCUT2D eigenvalue weighted by Crippen LogP contribution is 2.31. The summed E-state index contributed by atoms with van der Waals surface area (Å²) in [6.45, 7) is 17.7. The minimum Gasteiger partial charge on any atom is -0.384 e. The van der Waals surface area contributed by atoms with Crippen LogP contribution in [0.25, 0.3) is 16.9 Å². The Morgan fingerprint density at radius 3 is 2.27 bits per heavy atom. The van der Waals surface area contributed by atoms with Gasteiger partial charge in [-0.2, -0.15) is 4.98 Å². The molecule has 2 fully saturated rings. The molecule has 1 atom stereocenters. The Morgan fingerprint density at radius 1 is 0.887 bits per heavy atom. The van der Waals surface area contributed by atoms with Crippen molar-refractivity contribution < 1.29 is 38.4 Å². The van der Waals surface area contributed by atoms with Crippen molar-refractivity contribution in [3.05, 3.63) is 125 Å². The van der Waals surface area contributed by atoms with Gasteiger partial charge in [-0.1, -0.05) is 30.9 Å². The fourth-order valence-electron chi connectivity index (χ4n) is 9.00. The summed E-state index contributed by atoms with van der Waals surface area (Å²) in [5.74, 6) is 0.539. The molecular formula is C52H64N10O9. The van der Waals surface area contributed by atoms with Crippen LogP contribution in [0.1, 0.15) is 66.7 Å². The van der Waals surface area contributed by atoms with Gasteiger partial charge in [0.1, 0.15) is 17.0 Å². The van der Waals surface area contributed by atoms with Crippen molar-refractivity contribution in [1.29, 1.82) is 0 Å². The van der Waals surface area contributed by atoms with E-state index < -0.39 is 11.6 Å². The van der Waals surface area contributed by atoms with Gasteiger partial charge in [0, 0.05) is 68.2 Å². The highest BCUT2D eigenvalue weighted by Gasteiger charge is 2.39. The lowest BCUT2D eigenvalue weighted by molar-refractivity contribution is -0.132. The molecule has 3 N–H and O–H groups in total. The molecule has 2 saturated heterocycles. The molecule has 0 radical (unpaired) electrons. The van der Waals surface area contributed by atoms with Crippen molar-refractivity contribution in [3.8, 4) is 5.82 Å². The quantitative estimate of drug-likeness (QED) is 0.0570. The first-order chi connectivity index (χ1) is 34.4. The first-order valence-electron chi connectivity index (χ1n) is 24.3. The number of hydrogen-bond acceptors (Lipinski definition) is 14. The zero-order valence-corrected chi connectivity index (χ0v) is 40.6. The van der Waals surface area contributed by atoms with E-state index in [0.717, 1.165) is 35.3 Å². The number of rotatable bonds is 24. The summed E-state index contributed by atoms with van der Waals surface area (Å²) >= 11 is 0. The number of nitrogens with zero attached hydrogens (tertiary/aromatic N) is 8. The van der Waals surface area contributed by atoms with Crippen LogP contribution in [0.3, 0.4) is 0 Å². The fourth-order valence-corrected chi connectivity index (χ4v) is 9.00. The lowest BCUT2D eigenvalue weighted by Gasteiger charge is -2.36. The summed E-state index contributed by atoms with van der Waals surface area (Å²) in [5.41, 5.74) is 4.63. The standard InChI is InChI=1S/C52H64N10O9/c1-5-21-61-50(66)41-34-53-51(57-47(41)62(61)45-13-7-12-44(56-45)52(3,4)67)55-38-15-17-39(18-16-38)58-22-24-59(25-23-58)46(63)20-27-69-29-31-71-33-32-70-30-28-68-26-8-10-37-9-6-11-40-42(37)35-60(49(40)65)43-19-14-36(2)54-48(43)64/h5-7,9,11-13,15-18,34,43,67H,1-2,8,10,14,19-33,35H2,3-4H3,(H,54,64)(H,53,55,57). The summed E-state index contributed by atoms with van der Waals surface area (Å²) in [6, 6.07) is 18.5. The lowest BCUT2D eigenvalue weighted by Crippen LogP contribution is -2.49. The summed E-state index contributed by atoms with van der Waals surface area (Å²) < 4.78 is 25.8. The number of piperazine rings is 1. The van der Waals surface area contributed by atoms with E-state index in [4.69, 9.17) is 23.9 Å². The third-order valence-corrected chi connectivity index (χ3v) is 12.8. The number of hydrogen-bond donors (Lipinski definition) is 3. The molecule has 5 aromatic rings. The van der Waals surface area contributed by atoms with Crippen molar-refractivity contribution in [1.82, 2.24) is 39.4 Å². The number of nitrogens with one attached hydrogen (secondary N) is 2. The number of amides is 3. The van der Waals surface area contributed by atoms with Gasteiger partial charge in [0.05, 0.1) is 64.9 Å². The number of allylic oxidation sites excluding steroid dienone is 2. The molecule has 1 unspecified atom stereocenters. The van der Waals surface area contributed by atoms with Crippen LogP contribution in [0.2, 0.25) is 0 Å². The Labute approximate surface area is 413 Å². The first kappa shape index (κ1) is 50.6. The van der Waals surface area contributed by atoms with Gasteiger partial charge in [0.2, 0.25) is 17.8 Å². The molecule has 6 heterocycles. The molecule has 376 valence electrons. The average molecular weight is 973 g/mol. The molecule has 0 saturated carbocycles. The largest absolute Gasteiger partial charge is 0.384 e. The van der Waals surface area contributed by atoms with E-state index in [9.17, 15) is 24.3 Å². The van der Waals surface area contributed by atoms with Crippen LogP contribution >= 0.6 is 0 Å². The molecule has 0 bridgehead atoms. The number of pyridine rings is 1. The number of carbonyl (C=O) groups excluding carboxylic acids is 3. The van der Waals surface area contributed by atoms with Gasteiger partial charge < -0.3 is 49.4 Å². The predicted molar refractivity (Wildman–Crippen MR) is 268 cm³/mol. The zero-order chi connectivity index (χ0) is 49.9. The monoisotopic (exact) mass is 972 g/mol. The number of aryl methyl sites for hydroxylation is 1. The van der Waals surface area contributed by atoms with Crippen LogP contribution in [0.5, 0.6) is 0 Å². The molecule has 19 heteroatoms. The van der Waals surface area contributed by atoms with Crippen LogP contribution in [-0.4, -0.2) is 142 Å². The van der Waals surface area contributed by atoms with Crippen molar-refractivity contribution in [2.24, 2.45) is 0 Å². The Balaban J connectivity index is 0.667. The topological polar surface area (TPSA) is 208 Å². The Hall–Kier alpha value is -6.77. The van der Waals surface area contributed by atoms with Crippen LogP contribution < -0.4 is 21.1 Å². The molecule has 2 aromatic carbocycles. The highest BCUT2D eigenvalue weighted by molar-refractivity contribution is 6.01. The minimum absolute atomic E-state index is 0.0639. The van der Waals surface area contributed by atoms with Crippen LogP contribution in [0.4, 0.5) is 17.3 Å². The van der Waals surface area contributed by atoms with Gasteiger partial charge in [-0.15, -0.1) is 6.58 Å². The van der Waals surface area contributed by atoms with Gasteiger partial charge in [0.25, 0.3) is 11.5 Å². The molecular weight excluding hydrogens is 909 g/mol. The smallest absolute Gasteiger partial charge is 0.278 e. The van der Waals surface area contributed by atoms with Gasteiger partial charge in [-0.05, 0) is 93.1 Å². The molecule has 3 amide bonds. The van der Waals surface area contributed by atoms with E-state index >= 15 is 0 Å². The van der Waals surface area contributed by atoms with Gasteiger partial charge in [-0.3, -0.25) is 19.2 Å². The van der Waals surface area contributed by atoms with Crippen LogP contribution in [0.15, 0.2) is 96.6 Å². The number of aromatic nitrogens is 5. The molecule has 0 aliphatic carbocycles. The molecule has 8 rings (SSSR count). The molecule has 3 aliphatic heterocycles. The van der Waals surface area contributed by atoms with E-state index in [2.05, 4.69) is 38.7 Å². The maximum atomic E-state index is 13.4. The summed E-state index contributed by atoms with van der Waals surface area (Å²) in [4.78, 5) is 71.6. The lowest BCUT2D eigenvalue weighted by atomic mass is 10.00. The number of anilines is 3. The van der Waals surface area contributed by atoms with E-state index in [1.165, 1.54) is 10.9 Å². The summed E-state index contributed by atoms with van der Waals surface area (Å²) in [5, 5.41) is 17.0. The van der Waals surface area contributed by atoms with Gasteiger partial charge in [0.15, 0.2) is 11.5 Å². The molecule has 19 nitrogen and oxygen atoms in total. The number of carbonyl (C=O) groups is 3. The summed E-state index contributed by atoms with van der Waals surface area (Å²) in [6.07, 6.45) is 6.27. The maximum absolute atomic E-state index is 13.4. The number of piperidine rings is 1. The molecule has 71 heavy (non-hydrogen) atoms. The molecule has 0 spiro atoms. The number of ether oxygens (including phenoxy) is 4. The van der Waals surface area contributed by atoms with E-state index in [1.807, 2.05) is 47.4 Å². The Kier molecular flexibility index (Phi) is 16.7. The third kappa shape index (κ3) is 12.4. The second-order valence-corrected chi connectivity index (χ2v) is 18.2. The number of aliphatic hydroxyl groups is 1. The van der Waals surface area contributed by atoms with Crippen molar-refractivity contribution in [2.45, 2.75) is 70.7 Å². The molecule has 3 aliphatic rings. The molecule has 3 aromatic heterocycles. The maximum Gasteiger partial charge on any atom is 0.278 e. The Bertz CT molecular complexity index is 2760. The normalized spacial score (nSPS) is 16.2. The fraction of sp³-hybridized carbons (Fsp3) is 0.442. The Morgan fingerprint density at radius 2 is 1.58 bits per heavy atom. The van der Waals surface area contributed by atoms with Gasteiger partial charge in [-0.25, -0.2) is 19.3 Å². The van der Waals surface area contributed by atoms with Gasteiger partial charge >= 0.3 is 0 Å². The van der Waals surface area contributed by atoms with Crippen LogP contribution in [0, 0.1) is 0 Å².